The Hall–Kier alpha value is -0.910. The number of rotatable bonds is 4. The Morgan fingerprint density at radius 2 is 2.28 bits per heavy atom. The zero-order chi connectivity index (χ0) is 13.1. The fraction of sp³-hybridized carbons (Fsp3) is 0.308. The van der Waals surface area contributed by atoms with Crippen molar-refractivity contribution >= 4 is 33.0 Å². The van der Waals surface area contributed by atoms with E-state index in [1.54, 1.807) is 11.3 Å². The van der Waals surface area contributed by atoms with Crippen LogP contribution in [-0.4, -0.2) is 12.0 Å². The summed E-state index contributed by atoms with van der Waals surface area (Å²) in [5.74, 6) is 0. The molecule has 0 spiro atoms. The molecule has 2 heterocycles. The number of aromatic nitrogens is 1. The van der Waals surface area contributed by atoms with Crippen LogP contribution in [0.2, 0.25) is 0 Å². The lowest BCUT2D eigenvalue weighted by molar-refractivity contribution is 0.779. The van der Waals surface area contributed by atoms with Crippen molar-refractivity contribution in [3.8, 4) is 0 Å². The van der Waals surface area contributed by atoms with Gasteiger partial charge in [0.1, 0.15) is 0 Å². The minimum absolute atomic E-state index is 0.0161. The monoisotopic (exact) mass is 325 g/mol. The molecule has 2 N–H and O–H groups in total. The normalized spacial score (nSPS) is 12.4. The molecule has 0 aliphatic rings. The highest BCUT2D eigenvalue weighted by atomic mass is 79.9. The lowest BCUT2D eigenvalue weighted by Gasteiger charge is -2.18. The highest BCUT2D eigenvalue weighted by Crippen LogP contribution is 2.23. The summed E-state index contributed by atoms with van der Waals surface area (Å²) >= 11 is 5.22. The van der Waals surface area contributed by atoms with Gasteiger partial charge in [0.2, 0.25) is 0 Å². The second-order valence-corrected chi connectivity index (χ2v) is 6.23. The summed E-state index contributed by atoms with van der Waals surface area (Å²) in [4.78, 5) is 7.87. The van der Waals surface area contributed by atoms with Gasteiger partial charge in [-0.2, -0.15) is 0 Å². The first-order valence-electron chi connectivity index (χ1n) is 5.72. The van der Waals surface area contributed by atoms with Crippen LogP contribution < -0.4 is 10.6 Å². The Balaban J connectivity index is 2.06. The van der Waals surface area contributed by atoms with Crippen molar-refractivity contribution in [3.63, 3.8) is 0 Å². The highest BCUT2D eigenvalue weighted by molar-refractivity contribution is 9.10. The topological polar surface area (TPSA) is 42.1 Å². The number of nitrogens with zero attached hydrogens (tertiary/aromatic N) is 2. The van der Waals surface area contributed by atoms with Crippen molar-refractivity contribution in [2.75, 3.05) is 11.9 Å². The number of halogens is 1. The molecule has 0 bridgehead atoms. The summed E-state index contributed by atoms with van der Waals surface area (Å²) in [7, 11) is 2.07. The maximum atomic E-state index is 5.79. The van der Waals surface area contributed by atoms with Gasteiger partial charge in [0.25, 0.3) is 0 Å². The van der Waals surface area contributed by atoms with Crippen molar-refractivity contribution in [1.29, 1.82) is 0 Å². The Bertz CT molecular complexity index is 507. The van der Waals surface area contributed by atoms with Crippen LogP contribution in [0.25, 0.3) is 0 Å². The molecule has 0 radical (unpaired) electrons. The number of hydrogen-bond acceptors (Lipinski definition) is 4. The molecule has 3 nitrogen and oxygen atoms in total. The summed E-state index contributed by atoms with van der Waals surface area (Å²) in [5.41, 5.74) is 7.81. The number of nitrogens with two attached hydrogens (primary N) is 1. The molecular weight excluding hydrogens is 310 g/mol. The average molecular weight is 326 g/mol. The van der Waals surface area contributed by atoms with Gasteiger partial charge in [-0.1, -0.05) is 0 Å². The lowest BCUT2D eigenvalue weighted by atomic mass is 10.2. The first-order chi connectivity index (χ1) is 8.56. The molecule has 0 saturated heterocycles. The first kappa shape index (κ1) is 13.5. The smallest absolute Gasteiger partial charge is 0.0569 e. The van der Waals surface area contributed by atoms with Gasteiger partial charge in [-0.3, -0.25) is 4.98 Å². The number of thiophene rings is 1. The van der Waals surface area contributed by atoms with Crippen LogP contribution in [0.15, 0.2) is 34.2 Å². The van der Waals surface area contributed by atoms with Crippen LogP contribution in [0.1, 0.15) is 23.5 Å². The lowest BCUT2D eigenvalue weighted by Crippen LogP contribution is -2.16. The molecule has 96 valence electrons. The van der Waals surface area contributed by atoms with Crippen LogP contribution >= 0.6 is 27.3 Å². The molecule has 2 rings (SSSR count). The van der Waals surface area contributed by atoms with Gasteiger partial charge in [0.05, 0.1) is 24.1 Å². The van der Waals surface area contributed by atoms with E-state index >= 15 is 0 Å². The minimum atomic E-state index is -0.0161. The van der Waals surface area contributed by atoms with Crippen LogP contribution in [0.4, 0.5) is 5.69 Å². The molecule has 0 unspecified atom stereocenters. The Morgan fingerprint density at radius 1 is 1.50 bits per heavy atom. The zero-order valence-electron chi connectivity index (χ0n) is 10.4. The van der Waals surface area contributed by atoms with E-state index in [1.165, 1.54) is 4.88 Å². The number of hydrogen-bond donors (Lipinski definition) is 1. The molecule has 0 aliphatic heterocycles. The molecule has 18 heavy (non-hydrogen) atoms. The predicted octanol–water partition coefficient (Wildman–Crippen LogP) is 3.56. The van der Waals surface area contributed by atoms with Gasteiger partial charge in [0.15, 0.2) is 0 Å². The van der Waals surface area contributed by atoms with Crippen molar-refractivity contribution in [2.45, 2.75) is 19.5 Å². The summed E-state index contributed by atoms with van der Waals surface area (Å²) < 4.78 is 1.14. The number of anilines is 1. The Kier molecular flexibility index (Phi) is 4.37. The third-order valence-electron chi connectivity index (χ3n) is 2.69. The maximum absolute atomic E-state index is 5.79. The van der Waals surface area contributed by atoms with Crippen LogP contribution in [-0.2, 0) is 6.54 Å². The Labute approximate surface area is 120 Å². The second-order valence-electron chi connectivity index (χ2n) is 4.32. The molecule has 0 aliphatic carbocycles. The second kappa shape index (κ2) is 5.82. The third kappa shape index (κ3) is 3.31. The molecule has 0 aromatic carbocycles. The predicted molar refractivity (Wildman–Crippen MR) is 81.0 cm³/mol. The molecule has 0 saturated carbocycles. The minimum Gasteiger partial charge on any atom is -0.368 e. The van der Waals surface area contributed by atoms with Crippen LogP contribution in [0.3, 0.4) is 0 Å². The van der Waals surface area contributed by atoms with Gasteiger partial charge in [-0.15, -0.1) is 11.3 Å². The standard InChI is InChI=1S/C13H16BrN3S/c1-9(15)13-4-3-11(6-16-13)17(2)7-12-5-10(14)8-18-12/h3-6,8-9H,7,15H2,1-2H3/t9-/m0/s1. The van der Waals surface area contributed by atoms with Crippen LogP contribution in [0, 0.1) is 0 Å². The fourth-order valence-corrected chi connectivity index (χ4v) is 3.16. The summed E-state index contributed by atoms with van der Waals surface area (Å²) in [6, 6.07) is 6.18. The molecule has 1 atom stereocenters. The van der Waals surface area contributed by atoms with E-state index in [1.807, 2.05) is 19.2 Å². The maximum Gasteiger partial charge on any atom is 0.0569 e. The summed E-state index contributed by atoms with van der Waals surface area (Å²) in [5, 5.41) is 2.10. The summed E-state index contributed by atoms with van der Waals surface area (Å²) in [6.07, 6.45) is 1.88. The van der Waals surface area contributed by atoms with Gasteiger partial charge in [-0.05, 0) is 41.1 Å². The van der Waals surface area contributed by atoms with Gasteiger partial charge in [0, 0.05) is 27.8 Å². The van der Waals surface area contributed by atoms with Crippen molar-refractivity contribution < 1.29 is 0 Å². The summed E-state index contributed by atoms with van der Waals surface area (Å²) in [6.45, 7) is 2.82. The largest absolute Gasteiger partial charge is 0.368 e. The van der Waals surface area contributed by atoms with E-state index in [2.05, 4.69) is 50.4 Å². The van der Waals surface area contributed by atoms with Gasteiger partial charge >= 0.3 is 0 Å². The Morgan fingerprint density at radius 3 is 2.78 bits per heavy atom. The SMILES string of the molecule is C[C@H](N)c1ccc(N(C)Cc2cc(Br)cs2)cn1. The van der Waals surface area contributed by atoms with Crippen molar-refractivity contribution in [1.82, 2.24) is 4.98 Å². The quantitative estimate of drug-likeness (QED) is 0.934. The average Bonchev–Trinajstić information content (AvgIpc) is 2.75. The molecular formula is C13H16BrN3S. The molecule has 5 heteroatoms. The van der Waals surface area contributed by atoms with Crippen molar-refractivity contribution in [3.05, 3.63) is 44.8 Å². The van der Waals surface area contributed by atoms with Crippen LogP contribution in [0.5, 0.6) is 0 Å². The van der Waals surface area contributed by atoms with E-state index in [4.69, 9.17) is 5.73 Å². The highest BCUT2D eigenvalue weighted by Gasteiger charge is 2.06. The molecule has 2 aromatic heterocycles. The van der Waals surface area contributed by atoms with E-state index in [0.29, 0.717) is 0 Å². The molecule has 2 aromatic rings. The van der Waals surface area contributed by atoms with Gasteiger partial charge < -0.3 is 10.6 Å². The van der Waals surface area contributed by atoms with Gasteiger partial charge in [-0.25, -0.2) is 0 Å². The fourth-order valence-electron chi connectivity index (χ4n) is 1.65. The van der Waals surface area contributed by atoms with E-state index in [9.17, 15) is 0 Å². The number of pyridine rings is 1. The van der Waals surface area contributed by atoms with E-state index in [-0.39, 0.29) is 6.04 Å². The third-order valence-corrected chi connectivity index (χ3v) is 4.38. The molecule has 0 amide bonds. The van der Waals surface area contributed by atoms with Crippen molar-refractivity contribution in [2.24, 2.45) is 5.73 Å². The zero-order valence-corrected chi connectivity index (χ0v) is 12.8. The van der Waals surface area contributed by atoms with E-state index < -0.39 is 0 Å². The first-order valence-corrected chi connectivity index (χ1v) is 7.39. The van der Waals surface area contributed by atoms with E-state index in [0.717, 1.165) is 22.4 Å². The molecule has 0 fully saturated rings.